The van der Waals surface area contributed by atoms with E-state index in [1.165, 1.54) is 6.26 Å². The molecule has 26 heavy (non-hydrogen) atoms. The van der Waals surface area contributed by atoms with Crippen molar-refractivity contribution in [1.82, 2.24) is 14.8 Å². The molecule has 0 saturated heterocycles. The van der Waals surface area contributed by atoms with Crippen LogP contribution in [0.25, 0.3) is 22.3 Å². The van der Waals surface area contributed by atoms with Gasteiger partial charge in [0.2, 0.25) is 0 Å². The fraction of sp³-hybridized carbons (Fsp3) is 0.278. The van der Waals surface area contributed by atoms with Gasteiger partial charge in [0, 0.05) is 29.4 Å². The smallest absolute Gasteiger partial charge is 0.290 e. The lowest BCUT2D eigenvalue weighted by Crippen LogP contribution is -1.98. The Morgan fingerprint density at radius 2 is 1.77 bits per heavy atom. The van der Waals surface area contributed by atoms with Crippen LogP contribution in [0.3, 0.4) is 0 Å². The zero-order valence-electron chi connectivity index (χ0n) is 15.1. The lowest BCUT2D eigenvalue weighted by Gasteiger charge is -2.05. The standard InChI is InChI=1S/C17H19N3O2S.CH2O2/c1-5-20-12(3)16-11(2)10-15(18-17(16)19-20)13-6-8-14(9-7-13)23(4,21)22;2-1-3/h6-10H,5H2,1-4H3;1H,(H,2,3). The van der Waals surface area contributed by atoms with Crippen molar-refractivity contribution in [2.24, 2.45) is 0 Å². The van der Waals surface area contributed by atoms with E-state index >= 15 is 0 Å². The summed E-state index contributed by atoms with van der Waals surface area (Å²) < 4.78 is 25.1. The van der Waals surface area contributed by atoms with Gasteiger partial charge in [-0.2, -0.15) is 5.10 Å². The number of aromatic nitrogens is 3. The van der Waals surface area contributed by atoms with Crippen LogP contribution in [0.15, 0.2) is 35.2 Å². The maximum atomic E-state index is 11.6. The summed E-state index contributed by atoms with van der Waals surface area (Å²) in [7, 11) is -3.19. The first-order chi connectivity index (χ1) is 12.2. The maximum Gasteiger partial charge on any atom is 0.290 e. The number of aryl methyl sites for hydroxylation is 3. The monoisotopic (exact) mass is 375 g/mol. The van der Waals surface area contributed by atoms with Gasteiger partial charge in [-0.1, -0.05) is 12.1 Å². The number of benzene rings is 1. The number of sulfone groups is 1. The topological polar surface area (TPSA) is 102 Å². The highest BCUT2D eigenvalue weighted by molar-refractivity contribution is 7.90. The number of rotatable bonds is 3. The van der Waals surface area contributed by atoms with Crippen LogP contribution in [-0.4, -0.2) is 41.0 Å². The molecule has 1 N–H and O–H groups in total. The molecule has 8 heteroatoms. The Hall–Kier alpha value is -2.74. The summed E-state index contributed by atoms with van der Waals surface area (Å²) in [4.78, 5) is 13.3. The van der Waals surface area contributed by atoms with Crippen LogP contribution < -0.4 is 0 Å². The molecule has 0 radical (unpaired) electrons. The zero-order chi connectivity index (χ0) is 19.5. The van der Waals surface area contributed by atoms with E-state index in [4.69, 9.17) is 9.90 Å². The lowest BCUT2D eigenvalue weighted by atomic mass is 10.1. The van der Waals surface area contributed by atoms with E-state index in [0.717, 1.165) is 40.1 Å². The fourth-order valence-corrected chi connectivity index (χ4v) is 3.45. The van der Waals surface area contributed by atoms with E-state index < -0.39 is 9.84 Å². The van der Waals surface area contributed by atoms with Crippen LogP contribution in [0.4, 0.5) is 0 Å². The minimum absolute atomic E-state index is 0.250. The summed E-state index contributed by atoms with van der Waals surface area (Å²) in [5.41, 5.74) is 4.65. The van der Waals surface area contributed by atoms with E-state index in [1.807, 2.05) is 24.6 Å². The van der Waals surface area contributed by atoms with Crippen LogP contribution in [0.1, 0.15) is 18.2 Å². The summed E-state index contributed by atoms with van der Waals surface area (Å²) in [6.45, 7) is 6.71. The number of hydrogen-bond donors (Lipinski definition) is 1. The third-order valence-corrected chi connectivity index (χ3v) is 5.17. The minimum Gasteiger partial charge on any atom is -0.483 e. The molecular formula is C18H21N3O4S. The number of fused-ring (bicyclic) bond motifs is 1. The summed E-state index contributed by atoms with van der Waals surface area (Å²) in [5.74, 6) is 0. The van der Waals surface area contributed by atoms with E-state index in [2.05, 4.69) is 17.0 Å². The predicted molar refractivity (Wildman–Crippen MR) is 99.9 cm³/mol. The summed E-state index contributed by atoms with van der Waals surface area (Å²) in [5, 5.41) is 12.5. The molecule has 0 unspecified atom stereocenters. The second kappa shape index (κ2) is 7.65. The molecule has 0 atom stereocenters. The molecule has 0 aliphatic carbocycles. The third-order valence-electron chi connectivity index (χ3n) is 4.04. The molecule has 0 aliphatic heterocycles. The van der Waals surface area contributed by atoms with Gasteiger partial charge in [-0.15, -0.1) is 0 Å². The van der Waals surface area contributed by atoms with Gasteiger partial charge in [0.05, 0.1) is 10.6 Å². The highest BCUT2D eigenvalue weighted by Gasteiger charge is 2.13. The Labute approximate surface area is 152 Å². The molecule has 0 amide bonds. The van der Waals surface area contributed by atoms with Crippen molar-refractivity contribution in [3.63, 3.8) is 0 Å². The number of nitrogens with zero attached hydrogens (tertiary/aromatic N) is 3. The molecular weight excluding hydrogens is 354 g/mol. The lowest BCUT2D eigenvalue weighted by molar-refractivity contribution is -0.122. The Morgan fingerprint density at radius 3 is 2.27 bits per heavy atom. The molecule has 3 rings (SSSR count). The normalized spacial score (nSPS) is 11.1. The second-order valence-corrected chi connectivity index (χ2v) is 7.84. The molecule has 0 fully saturated rings. The van der Waals surface area contributed by atoms with Gasteiger partial charge in [-0.05, 0) is 44.5 Å². The van der Waals surface area contributed by atoms with Crippen molar-refractivity contribution < 1.29 is 18.3 Å². The SMILES string of the molecule is CCn1nc2nc(-c3ccc(S(C)(=O)=O)cc3)cc(C)c2c1C.O=CO. The van der Waals surface area contributed by atoms with Gasteiger partial charge in [-0.25, -0.2) is 13.4 Å². The Morgan fingerprint density at radius 1 is 1.19 bits per heavy atom. The van der Waals surface area contributed by atoms with Crippen LogP contribution >= 0.6 is 0 Å². The molecule has 1 aromatic carbocycles. The maximum absolute atomic E-state index is 11.6. The highest BCUT2D eigenvalue weighted by atomic mass is 32.2. The Balaban J connectivity index is 0.000000758. The van der Waals surface area contributed by atoms with Crippen LogP contribution in [0.5, 0.6) is 0 Å². The number of pyridine rings is 1. The van der Waals surface area contributed by atoms with Crippen molar-refractivity contribution in [2.75, 3.05) is 6.26 Å². The van der Waals surface area contributed by atoms with Gasteiger partial charge >= 0.3 is 0 Å². The van der Waals surface area contributed by atoms with Crippen LogP contribution in [0, 0.1) is 13.8 Å². The van der Waals surface area contributed by atoms with Gasteiger partial charge in [-0.3, -0.25) is 9.48 Å². The second-order valence-electron chi connectivity index (χ2n) is 5.83. The van der Waals surface area contributed by atoms with Crippen molar-refractivity contribution in [3.05, 3.63) is 41.6 Å². The Bertz CT molecular complexity index is 1040. The first-order valence-electron chi connectivity index (χ1n) is 7.96. The average Bonchev–Trinajstić information content (AvgIpc) is 2.91. The first-order valence-corrected chi connectivity index (χ1v) is 9.85. The van der Waals surface area contributed by atoms with E-state index in [9.17, 15) is 8.42 Å². The highest BCUT2D eigenvalue weighted by Crippen LogP contribution is 2.27. The van der Waals surface area contributed by atoms with Crippen molar-refractivity contribution in [2.45, 2.75) is 32.2 Å². The first kappa shape index (κ1) is 19.6. The van der Waals surface area contributed by atoms with Gasteiger partial charge < -0.3 is 5.11 Å². The quantitative estimate of drug-likeness (QED) is 0.706. The Kier molecular flexibility index (Phi) is 5.76. The van der Waals surface area contributed by atoms with Gasteiger partial charge in [0.1, 0.15) is 0 Å². The van der Waals surface area contributed by atoms with E-state index in [0.29, 0.717) is 4.90 Å². The molecule has 0 aliphatic rings. The summed E-state index contributed by atoms with van der Waals surface area (Å²) in [6, 6.07) is 8.82. The molecule has 2 aromatic heterocycles. The largest absolute Gasteiger partial charge is 0.483 e. The van der Waals surface area contributed by atoms with Crippen molar-refractivity contribution in [3.8, 4) is 11.3 Å². The van der Waals surface area contributed by atoms with Gasteiger partial charge in [0.15, 0.2) is 15.5 Å². The zero-order valence-corrected chi connectivity index (χ0v) is 15.9. The van der Waals surface area contributed by atoms with Gasteiger partial charge in [0.25, 0.3) is 6.47 Å². The van der Waals surface area contributed by atoms with Crippen LogP contribution in [-0.2, 0) is 21.2 Å². The molecule has 7 nitrogen and oxygen atoms in total. The predicted octanol–water partition coefficient (Wildman–Crippen LogP) is 2.84. The molecule has 138 valence electrons. The average molecular weight is 375 g/mol. The molecule has 0 bridgehead atoms. The number of carbonyl (C=O) groups is 1. The van der Waals surface area contributed by atoms with E-state index in [-0.39, 0.29) is 6.47 Å². The number of hydrogen-bond acceptors (Lipinski definition) is 5. The van der Waals surface area contributed by atoms with Crippen molar-refractivity contribution in [1.29, 1.82) is 0 Å². The molecule has 2 heterocycles. The van der Waals surface area contributed by atoms with Crippen molar-refractivity contribution >= 4 is 27.3 Å². The van der Waals surface area contributed by atoms with Crippen LogP contribution in [0.2, 0.25) is 0 Å². The molecule has 3 aromatic rings. The number of carboxylic acid groups (broad SMARTS) is 1. The summed E-state index contributed by atoms with van der Waals surface area (Å²) >= 11 is 0. The third kappa shape index (κ3) is 3.91. The fourth-order valence-electron chi connectivity index (χ4n) is 2.82. The minimum atomic E-state index is -3.19. The summed E-state index contributed by atoms with van der Waals surface area (Å²) in [6.07, 6.45) is 1.20. The molecule has 0 spiro atoms. The van der Waals surface area contributed by atoms with E-state index in [1.54, 1.807) is 24.3 Å². The molecule has 0 saturated carbocycles.